The monoisotopic (exact) mass is 422 g/mol. The van der Waals surface area contributed by atoms with Crippen LogP contribution in [0.4, 0.5) is 0 Å². The first kappa shape index (κ1) is 22.7. The van der Waals surface area contributed by atoms with Gasteiger partial charge in [-0.1, -0.05) is 85.7 Å². The molecule has 2 aromatic rings. The molecule has 3 heteroatoms. The first-order chi connectivity index (χ1) is 14.1. The van der Waals surface area contributed by atoms with E-state index in [9.17, 15) is 0 Å². The van der Waals surface area contributed by atoms with E-state index in [0.29, 0.717) is 22.9 Å². The first-order valence-corrected chi connectivity index (χ1v) is 13.6. The zero-order chi connectivity index (χ0) is 22.2. The summed E-state index contributed by atoms with van der Waals surface area (Å²) in [5.74, 6) is 3.89. The van der Waals surface area contributed by atoms with Crippen molar-refractivity contribution in [3.8, 4) is 11.5 Å². The summed E-state index contributed by atoms with van der Waals surface area (Å²) in [5.41, 5.74) is 7.39. The summed E-state index contributed by atoms with van der Waals surface area (Å²) in [4.78, 5) is 0. The van der Waals surface area contributed by atoms with Crippen LogP contribution in [0.25, 0.3) is 5.76 Å². The molecule has 0 radical (unpaired) electrons. The van der Waals surface area contributed by atoms with Gasteiger partial charge in [0.15, 0.2) is 0 Å². The second-order valence-electron chi connectivity index (χ2n) is 9.81. The summed E-state index contributed by atoms with van der Waals surface area (Å²) >= 11 is 0. The molecule has 0 N–H and O–H groups in total. The molecule has 1 heterocycles. The van der Waals surface area contributed by atoms with Gasteiger partial charge in [-0.05, 0) is 51.0 Å². The minimum absolute atomic E-state index is 0.405. The van der Waals surface area contributed by atoms with Crippen molar-refractivity contribution < 1.29 is 9.47 Å². The SMILES string of the molecule is COc1cccc2c1[Si](C(C)C)(C(C)C)C=C2Oc1c(C(C)C)cccc1C(C)C. The van der Waals surface area contributed by atoms with Crippen LogP contribution >= 0.6 is 0 Å². The van der Waals surface area contributed by atoms with Crippen LogP contribution in [0.1, 0.15) is 83.9 Å². The molecule has 1 aliphatic heterocycles. The van der Waals surface area contributed by atoms with E-state index in [4.69, 9.17) is 9.47 Å². The number of methoxy groups -OCH3 is 1. The smallest absolute Gasteiger partial charge is 0.134 e. The topological polar surface area (TPSA) is 18.5 Å². The van der Waals surface area contributed by atoms with Crippen molar-refractivity contribution in [2.24, 2.45) is 0 Å². The summed E-state index contributed by atoms with van der Waals surface area (Å²) in [6.07, 6.45) is 0. The Morgan fingerprint density at radius 3 is 1.73 bits per heavy atom. The molecule has 1 aliphatic rings. The lowest BCUT2D eigenvalue weighted by Crippen LogP contribution is -2.51. The molecule has 0 saturated heterocycles. The van der Waals surface area contributed by atoms with E-state index in [1.165, 1.54) is 21.9 Å². The Hall–Kier alpha value is -2.00. The number of para-hydroxylation sites is 1. The third-order valence-electron chi connectivity index (χ3n) is 6.76. The van der Waals surface area contributed by atoms with Gasteiger partial charge in [0.2, 0.25) is 0 Å². The van der Waals surface area contributed by atoms with Crippen molar-refractivity contribution in [3.63, 3.8) is 0 Å². The summed E-state index contributed by atoms with van der Waals surface area (Å²) in [5, 5.41) is 1.40. The molecule has 3 rings (SSSR count). The molecule has 2 nitrogen and oxygen atoms in total. The fraction of sp³-hybridized carbons (Fsp3) is 0.481. The first-order valence-electron chi connectivity index (χ1n) is 11.4. The van der Waals surface area contributed by atoms with Gasteiger partial charge >= 0.3 is 0 Å². The Balaban J connectivity index is 2.25. The maximum Gasteiger partial charge on any atom is 0.134 e. The molecular formula is C27H38O2Si. The lowest BCUT2D eigenvalue weighted by atomic mass is 9.94. The van der Waals surface area contributed by atoms with Gasteiger partial charge in [0.05, 0.1) is 7.11 Å². The number of hydrogen-bond acceptors (Lipinski definition) is 2. The average molecular weight is 423 g/mol. The van der Waals surface area contributed by atoms with Gasteiger partial charge in [0.25, 0.3) is 0 Å². The van der Waals surface area contributed by atoms with E-state index >= 15 is 0 Å². The third-order valence-corrected chi connectivity index (χ3v) is 12.7. The van der Waals surface area contributed by atoms with E-state index in [0.717, 1.165) is 17.3 Å². The largest absolute Gasteiger partial charge is 0.497 e. The highest BCUT2D eigenvalue weighted by Gasteiger charge is 2.48. The minimum atomic E-state index is -1.99. The Bertz CT molecular complexity index is 904. The van der Waals surface area contributed by atoms with Gasteiger partial charge in [-0.3, -0.25) is 0 Å². The Morgan fingerprint density at radius 2 is 1.27 bits per heavy atom. The van der Waals surface area contributed by atoms with Gasteiger partial charge in [0, 0.05) is 5.56 Å². The van der Waals surface area contributed by atoms with E-state index < -0.39 is 8.07 Å². The highest BCUT2D eigenvalue weighted by atomic mass is 28.3. The van der Waals surface area contributed by atoms with Gasteiger partial charge in [-0.2, -0.15) is 0 Å². The predicted molar refractivity (Wildman–Crippen MR) is 132 cm³/mol. The second-order valence-corrected chi connectivity index (χ2v) is 14.8. The van der Waals surface area contributed by atoms with Crippen LogP contribution in [0.15, 0.2) is 42.1 Å². The van der Waals surface area contributed by atoms with Gasteiger partial charge < -0.3 is 9.47 Å². The minimum Gasteiger partial charge on any atom is -0.497 e. The van der Waals surface area contributed by atoms with Crippen LogP contribution < -0.4 is 14.7 Å². The molecule has 0 bridgehead atoms. The van der Waals surface area contributed by atoms with Crippen molar-refractivity contribution in [1.82, 2.24) is 0 Å². The quantitative estimate of drug-likeness (QED) is 0.433. The molecule has 0 saturated carbocycles. The number of benzene rings is 2. The molecule has 30 heavy (non-hydrogen) atoms. The lowest BCUT2D eigenvalue weighted by Gasteiger charge is -2.35. The van der Waals surface area contributed by atoms with Crippen LogP contribution in [0.2, 0.25) is 11.1 Å². The molecule has 162 valence electrons. The lowest BCUT2D eigenvalue weighted by molar-refractivity contribution is 0.417. The van der Waals surface area contributed by atoms with Crippen molar-refractivity contribution >= 4 is 19.0 Å². The number of fused-ring (bicyclic) bond motifs is 1. The summed E-state index contributed by atoms with van der Waals surface area (Å²) in [6.45, 7) is 18.4. The molecule has 0 amide bonds. The maximum absolute atomic E-state index is 6.88. The maximum atomic E-state index is 6.88. The van der Waals surface area contributed by atoms with E-state index in [-0.39, 0.29) is 0 Å². The Kier molecular flexibility index (Phi) is 6.52. The normalized spacial score (nSPS) is 15.2. The zero-order valence-electron chi connectivity index (χ0n) is 20.2. The molecule has 0 spiro atoms. The average Bonchev–Trinajstić information content (AvgIpc) is 3.03. The molecule has 0 aliphatic carbocycles. The number of hydrogen-bond donors (Lipinski definition) is 0. The van der Waals surface area contributed by atoms with E-state index in [2.05, 4.69) is 97.5 Å². The van der Waals surface area contributed by atoms with Crippen LogP contribution in [0.5, 0.6) is 11.5 Å². The fourth-order valence-electron chi connectivity index (χ4n) is 5.09. The molecule has 0 unspecified atom stereocenters. The predicted octanol–water partition coefficient (Wildman–Crippen LogP) is 7.39. The summed E-state index contributed by atoms with van der Waals surface area (Å²) < 4.78 is 12.8. The van der Waals surface area contributed by atoms with Gasteiger partial charge in [-0.25, -0.2) is 0 Å². The third kappa shape index (κ3) is 3.62. The molecule has 0 aromatic heterocycles. The zero-order valence-corrected chi connectivity index (χ0v) is 21.2. The number of ether oxygens (including phenoxy) is 2. The highest BCUT2D eigenvalue weighted by molar-refractivity contribution is 7.00. The molecule has 2 aromatic carbocycles. The van der Waals surface area contributed by atoms with Crippen LogP contribution in [0, 0.1) is 0 Å². The Labute approximate surface area is 184 Å². The molecule has 0 atom stereocenters. The summed E-state index contributed by atoms with van der Waals surface area (Å²) in [7, 11) is -0.200. The van der Waals surface area contributed by atoms with Crippen LogP contribution in [-0.4, -0.2) is 15.2 Å². The van der Waals surface area contributed by atoms with Gasteiger partial charge in [0.1, 0.15) is 25.3 Å². The van der Waals surface area contributed by atoms with E-state index in [1.54, 1.807) is 7.11 Å². The fourth-order valence-corrected chi connectivity index (χ4v) is 10.3. The number of rotatable bonds is 7. The standard InChI is InChI=1S/C27H38O2Si/c1-17(2)21-12-10-13-22(18(3)4)26(21)29-25-16-30(19(5)6,20(7)8)27-23(25)14-11-15-24(27)28-9/h10-20H,1-9H3. The van der Waals surface area contributed by atoms with Crippen LogP contribution in [-0.2, 0) is 0 Å². The summed E-state index contributed by atoms with van der Waals surface area (Å²) in [6, 6.07) is 13.0. The van der Waals surface area contributed by atoms with Crippen molar-refractivity contribution in [2.45, 2.75) is 78.3 Å². The second kappa shape index (κ2) is 8.62. The molecule has 0 fully saturated rings. The van der Waals surface area contributed by atoms with Gasteiger partial charge in [-0.15, -0.1) is 0 Å². The van der Waals surface area contributed by atoms with E-state index in [1.807, 2.05) is 0 Å². The van der Waals surface area contributed by atoms with Crippen molar-refractivity contribution in [1.29, 1.82) is 0 Å². The Morgan fingerprint density at radius 1 is 0.733 bits per heavy atom. The highest BCUT2D eigenvalue weighted by Crippen LogP contribution is 2.45. The van der Waals surface area contributed by atoms with Crippen molar-refractivity contribution in [2.75, 3.05) is 7.11 Å². The van der Waals surface area contributed by atoms with Crippen molar-refractivity contribution in [3.05, 3.63) is 58.8 Å². The van der Waals surface area contributed by atoms with Crippen LogP contribution in [0.3, 0.4) is 0 Å². The molecular weight excluding hydrogens is 384 g/mol.